The van der Waals surface area contributed by atoms with Crippen molar-refractivity contribution < 1.29 is 9.53 Å². The van der Waals surface area contributed by atoms with Crippen molar-refractivity contribution in [3.63, 3.8) is 0 Å². The summed E-state index contributed by atoms with van der Waals surface area (Å²) in [6.45, 7) is 0.431. The van der Waals surface area contributed by atoms with Gasteiger partial charge in [-0.3, -0.25) is 4.79 Å². The zero-order chi connectivity index (χ0) is 13.0. The Hall–Kier alpha value is -1.40. The molecule has 1 N–H and O–H groups in total. The Kier molecular flexibility index (Phi) is 4.33. The molecule has 1 heterocycles. The van der Waals surface area contributed by atoms with Gasteiger partial charge in [-0.25, -0.2) is 4.98 Å². The van der Waals surface area contributed by atoms with Crippen molar-refractivity contribution in [3.05, 3.63) is 44.8 Å². The molecule has 1 amide bonds. The van der Waals surface area contributed by atoms with Crippen LogP contribution in [0.25, 0.3) is 0 Å². The van der Waals surface area contributed by atoms with Gasteiger partial charge < -0.3 is 10.1 Å². The summed E-state index contributed by atoms with van der Waals surface area (Å²) in [5.41, 5.74) is 0.547. The van der Waals surface area contributed by atoms with Crippen LogP contribution in [0.5, 0.6) is 5.75 Å². The van der Waals surface area contributed by atoms with Crippen LogP contribution in [0.1, 0.15) is 15.4 Å². The molecule has 1 aromatic heterocycles. The molecule has 94 valence electrons. The van der Waals surface area contributed by atoms with Crippen LogP contribution < -0.4 is 10.1 Å². The van der Waals surface area contributed by atoms with Crippen LogP contribution in [-0.4, -0.2) is 18.0 Å². The molecular formula is C12H11BrN2O2S. The summed E-state index contributed by atoms with van der Waals surface area (Å²) in [5.74, 6) is 0.494. The van der Waals surface area contributed by atoms with E-state index in [1.807, 2.05) is 5.38 Å². The number of benzene rings is 1. The summed E-state index contributed by atoms with van der Waals surface area (Å²) in [5, 5.41) is 5.57. The second kappa shape index (κ2) is 5.97. The lowest BCUT2D eigenvalue weighted by molar-refractivity contribution is 0.0949. The predicted molar refractivity (Wildman–Crippen MR) is 74.0 cm³/mol. The molecule has 0 bridgehead atoms. The normalized spacial score (nSPS) is 10.1. The smallest absolute Gasteiger partial charge is 0.252 e. The van der Waals surface area contributed by atoms with Crippen molar-refractivity contribution in [2.45, 2.75) is 6.54 Å². The Morgan fingerprint density at radius 3 is 3.06 bits per heavy atom. The van der Waals surface area contributed by atoms with E-state index in [-0.39, 0.29) is 5.91 Å². The molecule has 2 aromatic rings. The molecule has 1 aromatic carbocycles. The number of nitrogens with one attached hydrogen (secondary N) is 1. The van der Waals surface area contributed by atoms with Gasteiger partial charge in [0.2, 0.25) is 0 Å². The predicted octanol–water partition coefficient (Wildman–Crippen LogP) is 2.84. The number of aromatic nitrogens is 1. The first-order chi connectivity index (χ1) is 8.70. The van der Waals surface area contributed by atoms with E-state index in [0.717, 1.165) is 9.48 Å². The molecule has 4 nitrogen and oxygen atoms in total. The van der Waals surface area contributed by atoms with Crippen LogP contribution in [0.2, 0.25) is 0 Å². The maximum Gasteiger partial charge on any atom is 0.252 e. The Morgan fingerprint density at radius 2 is 2.39 bits per heavy atom. The molecule has 6 heteroatoms. The topological polar surface area (TPSA) is 51.2 Å². The first kappa shape index (κ1) is 13.0. The average molecular weight is 327 g/mol. The van der Waals surface area contributed by atoms with Crippen molar-refractivity contribution in [2.24, 2.45) is 0 Å². The molecule has 0 fully saturated rings. The zero-order valence-corrected chi connectivity index (χ0v) is 12.0. The molecule has 0 radical (unpaired) electrons. The number of carbonyl (C=O) groups is 1. The molecule has 0 unspecified atom stereocenters. The van der Waals surface area contributed by atoms with E-state index in [1.54, 1.807) is 31.5 Å². The number of amides is 1. The second-order valence-corrected chi connectivity index (χ2v) is 5.29. The van der Waals surface area contributed by atoms with Gasteiger partial charge in [-0.2, -0.15) is 0 Å². The van der Waals surface area contributed by atoms with Crippen molar-refractivity contribution in [1.82, 2.24) is 10.3 Å². The fraction of sp³-hybridized carbons (Fsp3) is 0.167. The van der Waals surface area contributed by atoms with Crippen molar-refractivity contribution in [3.8, 4) is 5.75 Å². The largest absolute Gasteiger partial charge is 0.497 e. The van der Waals surface area contributed by atoms with Crippen molar-refractivity contribution in [1.29, 1.82) is 0 Å². The van der Waals surface area contributed by atoms with Crippen molar-refractivity contribution in [2.75, 3.05) is 7.11 Å². The summed E-state index contributed by atoms with van der Waals surface area (Å²) >= 11 is 4.86. The minimum atomic E-state index is -0.157. The summed E-state index contributed by atoms with van der Waals surface area (Å²) in [4.78, 5) is 16.1. The van der Waals surface area contributed by atoms with Crippen LogP contribution in [0.15, 0.2) is 34.2 Å². The number of thiazole rings is 1. The Labute approximate surface area is 117 Å². The Morgan fingerprint density at radius 1 is 1.56 bits per heavy atom. The van der Waals surface area contributed by atoms with Gasteiger partial charge in [0.25, 0.3) is 5.91 Å². The standard InChI is InChI=1S/C12H11BrN2O2S/c1-17-8-2-3-10(13)9(6-8)12(16)15-7-11-14-4-5-18-11/h2-6H,7H2,1H3,(H,15,16). The number of hydrogen-bond donors (Lipinski definition) is 1. The number of ether oxygens (including phenoxy) is 1. The molecule has 0 aliphatic heterocycles. The lowest BCUT2D eigenvalue weighted by Crippen LogP contribution is -2.23. The van der Waals surface area contributed by atoms with E-state index in [9.17, 15) is 4.79 Å². The number of nitrogens with zero attached hydrogens (tertiary/aromatic N) is 1. The molecule has 0 aliphatic rings. The van der Waals surface area contributed by atoms with Crippen LogP contribution in [0.3, 0.4) is 0 Å². The SMILES string of the molecule is COc1ccc(Br)c(C(=O)NCc2nccs2)c1. The first-order valence-corrected chi connectivity index (χ1v) is 6.88. The maximum absolute atomic E-state index is 12.0. The third-order valence-electron chi connectivity index (χ3n) is 2.30. The van der Waals surface area contributed by atoms with Crippen LogP contribution >= 0.6 is 27.3 Å². The number of halogens is 1. The number of hydrogen-bond acceptors (Lipinski definition) is 4. The molecule has 0 spiro atoms. The van der Waals surface area contributed by atoms with Gasteiger partial charge in [0.15, 0.2) is 0 Å². The molecule has 0 aliphatic carbocycles. The minimum absolute atomic E-state index is 0.157. The molecule has 0 saturated heterocycles. The molecule has 0 saturated carbocycles. The quantitative estimate of drug-likeness (QED) is 0.939. The van der Waals surface area contributed by atoms with Crippen LogP contribution in [0, 0.1) is 0 Å². The second-order valence-electron chi connectivity index (χ2n) is 3.45. The maximum atomic E-state index is 12.0. The first-order valence-electron chi connectivity index (χ1n) is 5.21. The van der Waals surface area contributed by atoms with Gasteiger partial charge in [-0.05, 0) is 34.1 Å². The summed E-state index contributed by atoms with van der Waals surface area (Å²) in [6, 6.07) is 5.28. The van der Waals surface area contributed by atoms with Gasteiger partial charge in [-0.1, -0.05) is 0 Å². The zero-order valence-electron chi connectivity index (χ0n) is 9.64. The van der Waals surface area contributed by atoms with E-state index in [0.29, 0.717) is 17.9 Å². The summed E-state index contributed by atoms with van der Waals surface area (Å²) in [6.07, 6.45) is 1.72. The van der Waals surface area contributed by atoms with Gasteiger partial charge in [-0.15, -0.1) is 11.3 Å². The number of methoxy groups -OCH3 is 1. The van der Waals surface area contributed by atoms with E-state index in [1.165, 1.54) is 11.3 Å². The molecule has 0 atom stereocenters. The Bertz CT molecular complexity index is 543. The number of carbonyl (C=O) groups excluding carboxylic acids is 1. The highest BCUT2D eigenvalue weighted by molar-refractivity contribution is 9.10. The molecule has 2 rings (SSSR count). The minimum Gasteiger partial charge on any atom is -0.497 e. The van der Waals surface area contributed by atoms with Gasteiger partial charge >= 0.3 is 0 Å². The highest BCUT2D eigenvalue weighted by Gasteiger charge is 2.11. The third-order valence-corrected chi connectivity index (χ3v) is 3.77. The van der Waals surface area contributed by atoms with E-state index in [2.05, 4.69) is 26.2 Å². The lowest BCUT2D eigenvalue weighted by atomic mass is 10.2. The van der Waals surface area contributed by atoms with E-state index < -0.39 is 0 Å². The van der Waals surface area contributed by atoms with Gasteiger partial charge in [0, 0.05) is 16.0 Å². The van der Waals surface area contributed by atoms with Crippen molar-refractivity contribution >= 4 is 33.2 Å². The number of rotatable bonds is 4. The fourth-order valence-corrected chi connectivity index (χ4v) is 2.38. The molecular weight excluding hydrogens is 316 g/mol. The van der Waals surface area contributed by atoms with Crippen LogP contribution in [0.4, 0.5) is 0 Å². The summed E-state index contributed by atoms with van der Waals surface area (Å²) < 4.78 is 5.84. The van der Waals surface area contributed by atoms with E-state index in [4.69, 9.17) is 4.74 Å². The highest BCUT2D eigenvalue weighted by Crippen LogP contribution is 2.22. The average Bonchev–Trinajstić information content (AvgIpc) is 2.89. The Balaban J connectivity index is 2.08. The van der Waals surface area contributed by atoms with Gasteiger partial charge in [0.05, 0.1) is 19.2 Å². The lowest BCUT2D eigenvalue weighted by Gasteiger charge is -2.07. The third kappa shape index (κ3) is 3.08. The van der Waals surface area contributed by atoms with Gasteiger partial charge in [0.1, 0.15) is 10.8 Å². The monoisotopic (exact) mass is 326 g/mol. The highest BCUT2D eigenvalue weighted by atomic mass is 79.9. The van der Waals surface area contributed by atoms with E-state index >= 15 is 0 Å². The summed E-state index contributed by atoms with van der Waals surface area (Å²) in [7, 11) is 1.57. The fourth-order valence-electron chi connectivity index (χ4n) is 1.40. The van der Waals surface area contributed by atoms with Crippen LogP contribution in [-0.2, 0) is 6.54 Å². The molecule has 18 heavy (non-hydrogen) atoms.